The Morgan fingerprint density at radius 1 is 1.31 bits per heavy atom. The number of fused-ring (bicyclic) bond motifs is 1. The Labute approximate surface area is 174 Å². The van der Waals surface area contributed by atoms with Gasteiger partial charge in [-0.15, -0.1) is 22.7 Å². The fourth-order valence-electron chi connectivity index (χ4n) is 3.15. The summed E-state index contributed by atoms with van der Waals surface area (Å²) >= 11 is 2.52. The maximum absolute atomic E-state index is 12.8. The van der Waals surface area contributed by atoms with Gasteiger partial charge in [0.2, 0.25) is 5.91 Å². The zero-order valence-corrected chi connectivity index (χ0v) is 17.2. The van der Waals surface area contributed by atoms with E-state index in [2.05, 4.69) is 10.6 Å². The molecular weight excluding hydrogens is 414 g/mol. The molecular formula is C19H19N3O5S2. The van der Waals surface area contributed by atoms with Gasteiger partial charge in [0.25, 0.3) is 17.6 Å². The van der Waals surface area contributed by atoms with Crippen LogP contribution in [0.1, 0.15) is 43.3 Å². The number of amides is 3. The average Bonchev–Trinajstić information content (AvgIpc) is 3.45. The van der Waals surface area contributed by atoms with Crippen LogP contribution in [0.15, 0.2) is 22.9 Å². The zero-order chi connectivity index (χ0) is 21.0. The molecule has 0 aromatic carbocycles. The van der Waals surface area contributed by atoms with E-state index in [0.29, 0.717) is 10.4 Å². The second-order valence-corrected chi connectivity index (χ2v) is 8.26. The number of aldehydes is 1. The molecule has 3 heterocycles. The predicted molar refractivity (Wildman–Crippen MR) is 108 cm³/mol. The van der Waals surface area contributed by atoms with E-state index >= 15 is 0 Å². The molecule has 8 nitrogen and oxygen atoms in total. The molecule has 3 rings (SSSR count). The first-order chi connectivity index (χ1) is 14.0. The lowest BCUT2D eigenvalue weighted by atomic mass is 10.1. The number of Topliss-reactive ketones (excluding diaryl/α,β-unsaturated/α-hetero) is 1. The van der Waals surface area contributed by atoms with Crippen molar-refractivity contribution in [1.82, 2.24) is 15.5 Å². The van der Waals surface area contributed by atoms with Gasteiger partial charge in [-0.1, -0.05) is 6.07 Å². The van der Waals surface area contributed by atoms with Crippen molar-refractivity contribution in [2.24, 2.45) is 0 Å². The summed E-state index contributed by atoms with van der Waals surface area (Å²) in [6.45, 7) is 0.342. The first kappa shape index (κ1) is 20.9. The molecule has 1 aliphatic rings. The van der Waals surface area contributed by atoms with Crippen LogP contribution in [-0.4, -0.2) is 47.8 Å². The maximum atomic E-state index is 12.8. The first-order valence-electron chi connectivity index (χ1n) is 8.89. The largest absolute Gasteiger partial charge is 0.357 e. The van der Waals surface area contributed by atoms with Crippen LogP contribution in [0, 0.1) is 0 Å². The monoisotopic (exact) mass is 433 g/mol. The molecule has 1 unspecified atom stereocenters. The molecule has 0 saturated carbocycles. The summed E-state index contributed by atoms with van der Waals surface area (Å²) in [4.78, 5) is 62.4. The van der Waals surface area contributed by atoms with E-state index in [1.165, 1.54) is 34.6 Å². The van der Waals surface area contributed by atoms with Crippen LogP contribution in [0.5, 0.6) is 0 Å². The van der Waals surface area contributed by atoms with E-state index in [-0.39, 0.29) is 37.7 Å². The molecule has 29 heavy (non-hydrogen) atoms. The summed E-state index contributed by atoms with van der Waals surface area (Å²) in [6.07, 6.45) is 1.13. The van der Waals surface area contributed by atoms with Crippen molar-refractivity contribution in [1.29, 1.82) is 0 Å². The SMILES string of the molecule is CNC(=O)C(CCC=O)N1Cc2c(csc2CNC(=O)C(=O)c2cccs2)C1=O. The van der Waals surface area contributed by atoms with Crippen molar-refractivity contribution < 1.29 is 24.0 Å². The van der Waals surface area contributed by atoms with Crippen molar-refractivity contribution in [2.75, 3.05) is 7.05 Å². The summed E-state index contributed by atoms with van der Waals surface area (Å²) in [5.41, 5.74) is 1.23. The van der Waals surface area contributed by atoms with Gasteiger partial charge in [-0.05, 0) is 23.4 Å². The average molecular weight is 434 g/mol. The number of ketones is 1. The quantitative estimate of drug-likeness (QED) is 0.352. The molecule has 2 N–H and O–H groups in total. The molecule has 2 aromatic heterocycles. The zero-order valence-electron chi connectivity index (χ0n) is 15.6. The first-order valence-corrected chi connectivity index (χ1v) is 10.6. The van der Waals surface area contributed by atoms with Crippen LogP contribution in [0.3, 0.4) is 0 Å². The third-order valence-electron chi connectivity index (χ3n) is 4.64. The number of hydrogen-bond acceptors (Lipinski definition) is 7. The van der Waals surface area contributed by atoms with E-state index in [1.807, 2.05) is 0 Å². The number of nitrogens with zero attached hydrogens (tertiary/aromatic N) is 1. The molecule has 0 saturated heterocycles. The Hall–Kier alpha value is -2.85. The van der Waals surface area contributed by atoms with Gasteiger partial charge in [-0.2, -0.15) is 0 Å². The Morgan fingerprint density at radius 2 is 2.10 bits per heavy atom. The highest BCUT2D eigenvalue weighted by Gasteiger charge is 2.37. The van der Waals surface area contributed by atoms with Gasteiger partial charge in [-0.3, -0.25) is 19.2 Å². The summed E-state index contributed by atoms with van der Waals surface area (Å²) in [7, 11) is 1.48. The van der Waals surface area contributed by atoms with Gasteiger partial charge in [0.05, 0.1) is 17.0 Å². The van der Waals surface area contributed by atoms with Crippen molar-refractivity contribution in [3.05, 3.63) is 43.8 Å². The summed E-state index contributed by atoms with van der Waals surface area (Å²) < 4.78 is 0. The highest BCUT2D eigenvalue weighted by molar-refractivity contribution is 7.13. The van der Waals surface area contributed by atoms with Crippen molar-refractivity contribution in [2.45, 2.75) is 32.0 Å². The molecule has 1 atom stereocenters. The Morgan fingerprint density at radius 3 is 2.76 bits per heavy atom. The van der Waals surface area contributed by atoms with E-state index in [9.17, 15) is 24.0 Å². The van der Waals surface area contributed by atoms with Gasteiger partial charge in [0.1, 0.15) is 12.3 Å². The van der Waals surface area contributed by atoms with E-state index < -0.39 is 17.7 Å². The lowest BCUT2D eigenvalue weighted by molar-refractivity contribution is -0.125. The Kier molecular flexibility index (Phi) is 6.55. The number of thiophene rings is 2. The van der Waals surface area contributed by atoms with Gasteiger partial charge in [0, 0.05) is 30.3 Å². The minimum Gasteiger partial charge on any atom is -0.357 e. The fourth-order valence-corrected chi connectivity index (χ4v) is 4.79. The second-order valence-electron chi connectivity index (χ2n) is 6.35. The normalized spacial score (nSPS) is 13.7. The van der Waals surface area contributed by atoms with Crippen molar-refractivity contribution >= 4 is 52.5 Å². The molecule has 0 bridgehead atoms. The smallest absolute Gasteiger partial charge is 0.293 e. The number of hydrogen-bond donors (Lipinski definition) is 2. The molecule has 0 aliphatic carbocycles. The van der Waals surface area contributed by atoms with Gasteiger partial charge in [0.15, 0.2) is 0 Å². The van der Waals surface area contributed by atoms with Crippen LogP contribution in [0.25, 0.3) is 0 Å². The van der Waals surface area contributed by atoms with Gasteiger partial charge >= 0.3 is 0 Å². The van der Waals surface area contributed by atoms with Crippen LogP contribution >= 0.6 is 22.7 Å². The van der Waals surface area contributed by atoms with Crippen LogP contribution in [0.4, 0.5) is 0 Å². The lowest BCUT2D eigenvalue weighted by Gasteiger charge is -2.26. The standard InChI is InChI=1S/C19H19N3O5S2/c1-20-17(25)13(4-2-6-23)22-9-11-12(19(22)27)10-29-15(11)8-21-18(26)16(24)14-5-3-7-28-14/h3,5-7,10,13H,2,4,8-9H2,1H3,(H,20,25)(H,21,26). The molecule has 2 aromatic rings. The van der Waals surface area contributed by atoms with Crippen LogP contribution < -0.4 is 10.6 Å². The topological polar surface area (TPSA) is 113 Å². The molecule has 0 radical (unpaired) electrons. The van der Waals surface area contributed by atoms with E-state index in [1.54, 1.807) is 22.9 Å². The number of rotatable bonds is 9. The van der Waals surface area contributed by atoms with Gasteiger partial charge in [-0.25, -0.2) is 0 Å². The fraction of sp³-hybridized carbons (Fsp3) is 0.316. The number of carbonyl (C=O) groups is 5. The second kappa shape index (κ2) is 9.10. The lowest BCUT2D eigenvalue weighted by Crippen LogP contribution is -2.46. The number of likely N-dealkylation sites (N-methyl/N-ethyl adjacent to an activating group) is 1. The minimum atomic E-state index is -0.738. The highest BCUT2D eigenvalue weighted by Crippen LogP contribution is 2.33. The summed E-state index contributed by atoms with van der Waals surface area (Å²) in [6, 6.07) is 2.55. The third-order valence-corrected chi connectivity index (χ3v) is 6.54. The number of carbonyl (C=O) groups excluding carboxylic acids is 5. The van der Waals surface area contributed by atoms with Gasteiger partial charge < -0.3 is 20.3 Å². The molecule has 152 valence electrons. The van der Waals surface area contributed by atoms with Crippen molar-refractivity contribution in [3.8, 4) is 0 Å². The Bertz CT molecular complexity index is 951. The molecule has 0 spiro atoms. The van der Waals surface area contributed by atoms with E-state index in [4.69, 9.17) is 0 Å². The molecule has 1 aliphatic heterocycles. The summed E-state index contributed by atoms with van der Waals surface area (Å²) in [5.74, 6) is -1.90. The maximum Gasteiger partial charge on any atom is 0.293 e. The van der Waals surface area contributed by atoms with E-state index in [0.717, 1.165) is 16.7 Å². The number of nitrogens with one attached hydrogen (secondary N) is 2. The minimum absolute atomic E-state index is 0.121. The van der Waals surface area contributed by atoms with Crippen LogP contribution in [0.2, 0.25) is 0 Å². The predicted octanol–water partition coefficient (Wildman–Crippen LogP) is 1.36. The molecule has 3 amide bonds. The summed E-state index contributed by atoms with van der Waals surface area (Å²) in [5, 5.41) is 8.55. The Balaban J connectivity index is 1.70. The molecule has 10 heteroatoms. The van der Waals surface area contributed by atoms with Crippen molar-refractivity contribution in [3.63, 3.8) is 0 Å². The third kappa shape index (κ3) is 4.28. The molecule has 0 fully saturated rings. The highest BCUT2D eigenvalue weighted by atomic mass is 32.1. The van der Waals surface area contributed by atoms with Crippen LogP contribution in [-0.2, 0) is 27.5 Å².